The molecule has 0 atom stereocenters. The Bertz CT molecular complexity index is 3430. The minimum absolute atomic E-state index is 0.823. The van der Waals surface area contributed by atoms with Gasteiger partial charge in [0.25, 0.3) is 0 Å². The van der Waals surface area contributed by atoms with Gasteiger partial charge in [0.05, 0.1) is 33.1 Å². The number of fused-ring (bicyclic) bond motifs is 4. The Morgan fingerprint density at radius 1 is 0.315 bits per heavy atom. The molecule has 0 bridgehead atoms. The van der Waals surface area contributed by atoms with E-state index in [0.717, 1.165) is 44.8 Å². The van der Waals surface area contributed by atoms with Crippen LogP contribution < -0.4 is 0 Å². The summed E-state index contributed by atoms with van der Waals surface area (Å²) in [5, 5.41) is 9.90. The molecule has 0 radical (unpaired) electrons. The van der Waals surface area contributed by atoms with Crippen LogP contribution in [0.1, 0.15) is 0 Å². The molecule has 0 spiro atoms. The zero-order chi connectivity index (χ0) is 35.3. The summed E-state index contributed by atoms with van der Waals surface area (Å²) in [5.41, 5.74) is 11.7. The van der Waals surface area contributed by atoms with Crippen molar-refractivity contribution in [3.63, 3.8) is 0 Å². The van der Waals surface area contributed by atoms with Crippen LogP contribution in [0.3, 0.4) is 0 Å². The van der Waals surface area contributed by atoms with Gasteiger partial charge in [-0.05, 0) is 81.2 Å². The van der Waals surface area contributed by atoms with E-state index < -0.39 is 0 Å². The maximum atomic E-state index is 5.44. The van der Waals surface area contributed by atoms with Crippen molar-refractivity contribution >= 4 is 76.2 Å². The lowest BCUT2D eigenvalue weighted by atomic mass is 9.95. The summed E-state index contributed by atoms with van der Waals surface area (Å²) < 4.78 is 4.83. The third-order valence-electron chi connectivity index (χ3n) is 11.2. The lowest BCUT2D eigenvalue weighted by Crippen LogP contribution is -2.03. The normalized spacial score (nSPS) is 12.1. The van der Waals surface area contributed by atoms with Crippen LogP contribution in [0.2, 0.25) is 0 Å². The molecule has 0 saturated carbocycles. The molecule has 250 valence electrons. The molecule has 12 rings (SSSR count). The average molecular weight is 687 g/mol. The SMILES string of the molecule is c1ccc(-c2cccc(-n3c4cccc5c6ccccc6c6cccc7c6c6c(c54)c3ccc6n7-c3nc4ccccc4nc3-c3ccccc3)c2)cc1. The minimum atomic E-state index is 0.823. The number of rotatable bonds is 4. The van der Waals surface area contributed by atoms with Gasteiger partial charge < -0.3 is 4.57 Å². The van der Waals surface area contributed by atoms with Crippen LogP contribution in [0.4, 0.5) is 0 Å². The van der Waals surface area contributed by atoms with Crippen LogP contribution in [0.25, 0.3) is 110 Å². The molecule has 4 heteroatoms. The van der Waals surface area contributed by atoms with Gasteiger partial charge in [-0.3, -0.25) is 4.57 Å². The fourth-order valence-corrected chi connectivity index (χ4v) is 9.00. The highest BCUT2D eigenvalue weighted by Gasteiger charge is 2.26. The van der Waals surface area contributed by atoms with E-state index in [1.807, 2.05) is 12.1 Å². The van der Waals surface area contributed by atoms with Gasteiger partial charge in [0, 0.05) is 32.8 Å². The van der Waals surface area contributed by atoms with Gasteiger partial charge in [-0.2, -0.15) is 0 Å². The minimum Gasteiger partial charge on any atom is -0.309 e. The number of aromatic nitrogens is 4. The van der Waals surface area contributed by atoms with Crippen molar-refractivity contribution in [1.29, 1.82) is 0 Å². The summed E-state index contributed by atoms with van der Waals surface area (Å²) in [6.07, 6.45) is 0. The molecular weight excluding hydrogens is 657 g/mol. The Balaban J connectivity index is 1.30. The van der Waals surface area contributed by atoms with E-state index in [-0.39, 0.29) is 0 Å². The summed E-state index contributed by atoms with van der Waals surface area (Å²) >= 11 is 0. The van der Waals surface area contributed by atoms with Crippen LogP contribution in [0.15, 0.2) is 182 Å². The second-order valence-electron chi connectivity index (χ2n) is 14.1. The third-order valence-corrected chi connectivity index (χ3v) is 11.2. The molecule has 4 nitrogen and oxygen atoms in total. The molecule has 3 heterocycles. The molecule has 0 N–H and O–H groups in total. The molecule has 0 aliphatic heterocycles. The summed E-state index contributed by atoms with van der Waals surface area (Å²) in [6.45, 7) is 0. The maximum absolute atomic E-state index is 5.44. The molecule has 0 amide bonds. The van der Waals surface area contributed by atoms with Crippen molar-refractivity contribution in [2.75, 3.05) is 0 Å². The Morgan fingerprint density at radius 2 is 0.796 bits per heavy atom. The van der Waals surface area contributed by atoms with Crippen molar-refractivity contribution in [3.8, 4) is 33.9 Å². The molecule has 12 aromatic rings. The molecule has 0 fully saturated rings. The predicted molar refractivity (Wildman–Crippen MR) is 225 cm³/mol. The Morgan fingerprint density at radius 3 is 1.46 bits per heavy atom. The quantitative estimate of drug-likeness (QED) is 0.185. The van der Waals surface area contributed by atoms with Crippen molar-refractivity contribution < 1.29 is 0 Å². The predicted octanol–water partition coefficient (Wildman–Crippen LogP) is 12.9. The van der Waals surface area contributed by atoms with Crippen molar-refractivity contribution in [2.24, 2.45) is 0 Å². The van der Waals surface area contributed by atoms with E-state index in [9.17, 15) is 0 Å². The number of benzene rings is 8. The van der Waals surface area contributed by atoms with E-state index in [1.165, 1.54) is 65.3 Å². The van der Waals surface area contributed by atoms with Crippen molar-refractivity contribution in [2.45, 2.75) is 0 Å². The fourth-order valence-electron chi connectivity index (χ4n) is 9.00. The smallest absolute Gasteiger partial charge is 0.165 e. The van der Waals surface area contributed by atoms with Crippen LogP contribution in [0, 0.1) is 0 Å². The molecule has 0 saturated heterocycles. The first kappa shape index (κ1) is 29.3. The third kappa shape index (κ3) is 4.02. The molecule has 0 aliphatic carbocycles. The van der Waals surface area contributed by atoms with E-state index in [4.69, 9.17) is 9.97 Å². The first-order valence-electron chi connectivity index (χ1n) is 18.4. The van der Waals surface area contributed by atoms with Gasteiger partial charge in [-0.25, -0.2) is 9.97 Å². The van der Waals surface area contributed by atoms with Gasteiger partial charge in [0.2, 0.25) is 0 Å². The second-order valence-corrected chi connectivity index (χ2v) is 14.1. The van der Waals surface area contributed by atoms with E-state index in [0.29, 0.717) is 0 Å². The van der Waals surface area contributed by atoms with Gasteiger partial charge in [0.1, 0.15) is 5.69 Å². The summed E-state index contributed by atoms with van der Waals surface area (Å²) in [5.74, 6) is 0.823. The highest BCUT2D eigenvalue weighted by atomic mass is 15.1. The monoisotopic (exact) mass is 686 g/mol. The van der Waals surface area contributed by atoms with Crippen LogP contribution >= 0.6 is 0 Å². The molecule has 9 aromatic carbocycles. The second kappa shape index (κ2) is 11.1. The molecule has 3 aromatic heterocycles. The molecule has 0 unspecified atom stereocenters. The molecular formula is C50H30N4. The standard InChI is InChI=1S/C50H30N4/c1-3-14-31(15-4-1)33-18-11-19-34(30-33)53-41-26-12-22-37-35-20-7-8-21-36(35)38-23-13-27-42-46(38)48-44(29-28-43(53)47(48)45(37)41)54(42)50-49(32-16-5-2-6-17-32)51-39-24-9-10-25-40(39)52-50/h1-30H. The van der Waals surface area contributed by atoms with Crippen LogP contribution in [-0.2, 0) is 0 Å². The van der Waals surface area contributed by atoms with Crippen molar-refractivity contribution in [1.82, 2.24) is 19.1 Å². The fraction of sp³-hybridized carbons (Fsp3) is 0. The zero-order valence-electron chi connectivity index (χ0n) is 29.1. The maximum Gasteiger partial charge on any atom is 0.165 e. The Kier molecular flexibility index (Phi) is 6.02. The van der Waals surface area contributed by atoms with Crippen molar-refractivity contribution in [3.05, 3.63) is 182 Å². The van der Waals surface area contributed by atoms with Gasteiger partial charge >= 0.3 is 0 Å². The molecule has 0 aliphatic rings. The van der Waals surface area contributed by atoms with E-state index >= 15 is 0 Å². The number of hydrogen-bond donors (Lipinski definition) is 0. The summed E-state index contributed by atoms with van der Waals surface area (Å²) in [6, 6.07) is 65.3. The number of nitrogens with zero attached hydrogens (tertiary/aromatic N) is 4. The van der Waals surface area contributed by atoms with Gasteiger partial charge in [-0.1, -0.05) is 133 Å². The van der Waals surface area contributed by atoms with Crippen LogP contribution in [-0.4, -0.2) is 19.1 Å². The van der Waals surface area contributed by atoms with Gasteiger partial charge in [0.15, 0.2) is 5.82 Å². The highest BCUT2D eigenvalue weighted by Crippen LogP contribution is 2.48. The average Bonchev–Trinajstić information content (AvgIpc) is 3.76. The molecule has 54 heavy (non-hydrogen) atoms. The first-order chi connectivity index (χ1) is 26.8. The van der Waals surface area contributed by atoms with Gasteiger partial charge in [-0.15, -0.1) is 0 Å². The number of hydrogen-bond acceptors (Lipinski definition) is 2. The Labute approximate surface area is 310 Å². The largest absolute Gasteiger partial charge is 0.309 e. The summed E-state index contributed by atoms with van der Waals surface area (Å²) in [4.78, 5) is 10.7. The number of para-hydroxylation sites is 2. The highest BCUT2D eigenvalue weighted by molar-refractivity contribution is 6.39. The van der Waals surface area contributed by atoms with E-state index in [1.54, 1.807) is 0 Å². The lowest BCUT2D eigenvalue weighted by Gasteiger charge is -2.14. The lowest BCUT2D eigenvalue weighted by molar-refractivity contribution is 1.08. The zero-order valence-corrected chi connectivity index (χ0v) is 29.1. The van der Waals surface area contributed by atoms with E-state index in [2.05, 4.69) is 179 Å². The summed E-state index contributed by atoms with van der Waals surface area (Å²) in [7, 11) is 0. The topological polar surface area (TPSA) is 35.6 Å². The Hall–Kier alpha value is -7.30. The van der Waals surface area contributed by atoms with Crippen LogP contribution in [0.5, 0.6) is 0 Å². The first-order valence-corrected chi connectivity index (χ1v) is 18.4.